The van der Waals surface area contributed by atoms with Gasteiger partial charge in [0.05, 0.1) is 0 Å². The van der Waals surface area contributed by atoms with Crippen LogP contribution in [0.15, 0.2) is 18.3 Å². The lowest BCUT2D eigenvalue weighted by Crippen LogP contribution is -2.08. The number of hydrogen-bond donors (Lipinski definition) is 2. The highest BCUT2D eigenvalue weighted by molar-refractivity contribution is 5.48. The summed E-state index contributed by atoms with van der Waals surface area (Å²) in [6, 6.07) is 3.82. The number of anilines is 2. The average molecular weight is 243 g/mol. The minimum Gasteiger partial charge on any atom is -0.383 e. The Morgan fingerprint density at radius 1 is 1.22 bits per heavy atom. The van der Waals surface area contributed by atoms with Gasteiger partial charge in [0.25, 0.3) is 0 Å². The van der Waals surface area contributed by atoms with Gasteiger partial charge in [-0.25, -0.2) is 15.0 Å². The van der Waals surface area contributed by atoms with Crippen LogP contribution in [0.25, 0.3) is 0 Å². The molecule has 0 aliphatic rings. The van der Waals surface area contributed by atoms with E-state index in [2.05, 4.69) is 20.3 Å². The summed E-state index contributed by atoms with van der Waals surface area (Å²) in [5.74, 6) is 2.16. The summed E-state index contributed by atoms with van der Waals surface area (Å²) in [5.41, 5.74) is 8.81. The lowest BCUT2D eigenvalue weighted by atomic mass is 10.2. The molecule has 0 saturated carbocycles. The molecule has 0 radical (unpaired) electrons. The van der Waals surface area contributed by atoms with Crippen LogP contribution >= 0.6 is 0 Å². The summed E-state index contributed by atoms with van der Waals surface area (Å²) in [7, 11) is 0. The summed E-state index contributed by atoms with van der Waals surface area (Å²) in [6.07, 6.45) is 1.68. The molecule has 0 bridgehead atoms. The summed E-state index contributed by atoms with van der Waals surface area (Å²) in [4.78, 5) is 12.8. The number of aromatic nitrogens is 3. The van der Waals surface area contributed by atoms with Crippen LogP contribution in [-0.4, -0.2) is 15.0 Å². The van der Waals surface area contributed by atoms with Gasteiger partial charge in [-0.15, -0.1) is 0 Å². The van der Waals surface area contributed by atoms with Crippen molar-refractivity contribution in [2.75, 3.05) is 11.1 Å². The monoisotopic (exact) mass is 243 g/mol. The van der Waals surface area contributed by atoms with Gasteiger partial charge in [-0.05, 0) is 26.8 Å². The minimum atomic E-state index is 0.546. The Balaban J connectivity index is 2.18. The van der Waals surface area contributed by atoms with Crippen molar-refractivity contribution in [3.05, 3.63) is 41.0 Å². The van der Waals surface area contributed by atoms with Crippen molar-refractivity contribution in [3.8, 4) is 0 Å². The Morgan fingerprint density at radius 3 is 2.72 bits per heavy atom. The van der Waals surface area contributed by atoms with E-state index in [9.17, 15) is 0 Å². The number of nitrogens with two attached hydrogens (primary N) is 1. The van der Waals surface area contributed by atoms with Crippen molar-refractivity contribution in [1.82, 2.24) is 15.0 Å². The van der Waals surface area contributed by atoms with Gasteiger partial charge in [0.15, 0.2) is 0 Å². The van der Waals surface area contributed by atoms with Crippen molar-refractivity contribution >= 4 is 11.6 Å². The summed E-state index contributed by atoms with van der Waals surface area (Å²) < 4.78 is 0. The van der Waals surface area contributed by atoms with E-state index >= 15 is 0 Å². The van der Waals surface area contributed by atoms with Gasteiger partial charge in [-0.3, -0.25) is 0 Å². The lowest BCUT2D eigenvalue weighted by molar-refractivity contribution is 0.968. The Labute approximate surface area is 106 Å². The van der Waals surface area contributed by atoms with Crippen LogP contribution in [0, 0.1) is 20.8 Å². The van der Waals surface area contributed by atoms with Crippen LogP contribution in [0.4, 0.5) is 11.6 Å². The fourth-order valence-corrected chi connectivity index (χ4v) is 1.72. The minimum absolute atomic E-state index is 0.546. The zero-order valence-corrected chi connectivity index (χ0v) is 10.9. The SMILES string of the molecule is Cc1nc(C)c(C)c(NCc2cccnc2N)n1. The number of rotatable bonds is 3. The second kappa shape index (κ2) is 5.00. The van der Waals surface area contributed by atoms with Crippen LogP contribution < -0.4 is 11.1 Å². The Bertz CT molecular complexity index is 565. The quantitative estimate of drug-likeness (QED) is 0.862. The summed E-state index contributed by atoms with van der Waals surface area (Å²) >= 11 is 0. The highest BCUT2D eigenvalue weighted by atomic mass is 15.0. The summed E-state index contributed by atoms with van der Waals surface area (Å²) in [5, 5.41) is 3.28. The molecule has 3 N–H and O–H groups in total. The normalized spacial score (nSPS) is 10.4. The van der Waals surface area contributed by atoms with Crippen molar-refractivity contribution in [2.24, 2.45) is 0 Å². The van der Waals surface area contributed by atoms with Crippen molar-refractivity contribution in [3.63, 3.8) is 0 Å². The van der Waals surface area contributed by atoms with E-state index in [0.29, 0.717) is 12.4 Å². The number of nitrogen functional groups attached to an aromatic ring is 1. The maximum Gasteiger partial charge on any atom is 0.133 e. The average Bonchev–Trinajstić information content (AvgIpc) is 2.33. The Morgan fingerprint density at radius 2 is 2.00 bits per heavy atom. The molecule has 94 valence electrons. The molecule has 0 fully saturated rings. The van der Waals surface area contributed by atoms with Gasteiger partial charge in [0, 0.05) is 29.6 Å². The predicted octanol–water partition coefficient (Wildman–Crippen LogP) is 1.99. The number of aryl methyl sites for hydroxylation is 2. The van der Waals surface area contributed by atoms with E-state index in [1.807, 2.05) is 32.9 Å². The molecule has 0 atom stereocenters. The first kappa shape index (κ1) is 12.3. The van der Waals surface area contributed by atoms with Crippen LogP contribution in [0.2, 0.25) is 0 Å². The van der Waals surface area contributed by atoms with E-state index < -0.39 is 0 Å². The smallest absolute Gasteiger partial charge is 0.133 e. The van der Waals surface area contributed by atoms with E-state index in [-0.39, 0.29) is 0 Å². The first-order valence-electron chi connectivity index (χ1n) is 5.83. The molecule has 0 aliphatic heterocycles. The molecule has 0 saturated heterocycles. The van der Waals surface area contributed by atoms with Crippen molar-refractivity contribution < 1.29 is 0 Å². The second-order valence-electron chi connectivity index (χ2n) is 4.23. The van der Waals surface area contributed by atoms with Crippen molar-refractivity contribution in [1.29, 1.82) is 0 Å². The molecule has 0 spiro atoms. The fourth-order valence-electron chi connectivity index (χ4n) is 1.72. The molecule has 2 rings (SSSR count). The number of nitrogens with one attached hydrogen (secondary N) is 1. The van der Waals surface area contributed by atoms with E-state index in [0.717, 1.165) is 28.5 Å². The first-order chi connectivity index (χ1) is 8.58. The maximum atomic E-state index is 5.80. The highest BCUT2D eigenvalue weighted by Gasteiger charge is 2.06. The summed E-state index contributed by atoms with van der Waals surface area (Å²) in [6.45, 7) is 6.48. The molecule has 2 aromatic rings. The van der Waals surface area contributed by atoms with Crippen LogP contribution in [0.3, 0.4) is 0 Å². The topological polar surface area (TPSA) is 76.7 Å². The zero-order valence-electron chi connectivity index (χ0n) is 10.9. The molecule has 5 heteroatoms. The maximum absolute atomic E-state index is 5.80. The third-order valence-electron chi connectivity index (χ3n) is 2.87. The zero-order chi connectivity index (χ0) is 13.1. The predicted molar refractivity (Wildman–Crippen MR) is 72.2 cm³/mol. The molecule has 2 heterocycles. The fraction of sp³-hybridized carbons (Fsp3) is 0.308. The molecule has 18 heavy (non-hydrogen) atoms. The Kier molecular flexibility index (Phi) is 3.41. The van der Waals surface area contributed by atoms with Gasteiger partial charge < -0.3 is 11.1 Å². The molecular weight excluding hydrogens is 226 g/mol. The molecule has 0 amide bonds. The Hall–Kier alpha value is -2.17. The van der Waals surface area contributed by atoms with Gasteiger partial charge in [0.1, 0.15) is 17.5 Å². The van der Waals surface area contributed by atoms with E-state index in [1.165, 1.54) is 0 Å². The standard InChI is InChI=1S/C13H17N5/c1-8-9(2)17-10(3)18-13(8)16-7-11-5-4-6-15-12(11)14/h4-6H,7H2,1-3H3,(H2,14,15)(H,16,17,18). The van der Waals surface area contributed by atoms with Gasteiger partial charge in [0.2, 0.25) is 0 Å². The number of pyridine rings is 1. The highest BCUT2D eigenvalue weighted by Crippen LogP contribution is 2.16. The van der Waals surface area contributed by atoms with Gasteiger partial charge in [-0.2, -0.15) is 0 Å². The van der Waals surface area contributed by atoms with Crippen LogP contribution in [-0.2, 0) is 6.54 Å². The third-order valence-corrected chi connectivity index (χ3v) is 2.87. The lowest BCUT2D eigenvalue weighted by Gasteiger charge is -2.11. The molecule has 5 nitrogen and oxygen atoms in total. The molecular formula is C13H17N5. The second-order valence-corrected chi connectivity index (χ2v) is 4.23. The molecule has 0 unspecified atom stereocenters. The van der Waals surface area contributed by atoms with Gasteiger partial charge in [-0.1, -0.05) is 6.07 Å². The first-order valence-corrected chi connectivity index (χ1v) is 5.83. The van der Waals surface area contributed by atoms with Crippen molar-refractivity contribution in [2.45, 2.75) is 27.3 Å². The number of nitrogens with zero attached hydrogens (tertiary/aromatic N) is 3. The molecule has 0 aliphatic carbocycles. The largest absolute Gasteiger partial charge is 0.383 e. The van der Waals surface area contributed by atoms with Crippen LogP contribution in [0.1, 0.15) is 22.6 Å². The van der Waals surface area contributed by atoms with E-state index in [4.69, 9.17) is 5.73 Å². The van der Waals surface area contributed by atoms with E-state index in [1.54, 1.807) is 6.20 Å². The third kappa shape index (κ3) is 2.56. The van der Waals surface area contributed by atoms with Crippen LogP contribution in [0.5, 0.6) is 0 Å². The molecule has 2 aromatic heterocycles. The number of hydrogen-bond acceptors (Lipinski definition) is 5. The molecule has 0 aromatic carbocycles. The van der Waals surface area contributed by atoms with Gasteiger partial charge >= 0.3 is 0 Å².